The van der Waals surface area contributed by atoms with E-state index in [2.05, 4.69) is 17.6 Å². The zero-order chi connectivity index (χ0) is 11.6. The van der Waals surface area contributed by atoms with E-state index in [1.54, 1.807) is 6.26 Å². The predicted molar refractivity (Wildman–Crippen MR) is 60.0 cm³/mol. The van der Waals surface area contributed by atoms with Gasteiger partial charge in [-0.1, -0.05) is 13.8 Å². The average molecular weight is 218 g/mol. The molecule has 1 N–H and O–H groups in total. The molecule has 6 heteroatoms. The van der Waals surface area contributed by atoms with Crippen molar-refractivity contribution in [3.63, 3.8) is 0 Å². The van der Waals surface area contributed by atoms with Crippen LogP contribution in [0.25, 0.3) is 0 Å². The van der Waals surface area contributed by atoms with E-state index in [-0.39, 0.29) is 0 Å². The third-order valence-electron chi connectivity index (χ3n) is 0.994. The summed E-state index contributed by atoms with van der Waals surface area (Å²) in [7, 11) is 0. The molecule has 0 saturated carbocycles. The molecule has 1 aromatic rings. The van der Waals surface area contributed by atoms with Crippen LogP contribution in [-0.2, 0) is 0 Å². The molecular weight excluding hydrogens is 204 g/mol. The molecule has 0 unspecified atom stereocenters. The fourth-order valence-corrected chi connectivity index (χ4v) is 0.556. The summed E-state index contributed by atoms with van der Waals surface area (Å²) in [6, 6.07) is 2.55. The van der Waals surface area contributed by atoms with Gasteiger partial charge in [-0.25, -0.2) is 0 Å². The first-order valence-corrected chi connectivity index (χ1v) is 4.88. The second-order valence-corrected chi connectivity index (χ2v) is 1.64. The molecule has 0 bridgehead atoms. The number of nitrogens with one attached hydrogen (secondary N) is 1. The number of nitro groups is 1. The molecule has 1 rings (SSSR count). The lowest BCUT2D eigenvalue weighted by molar-refractivity contribution is -0.386. The van der Waals surface area contributed by atoms with Gasteiger partial charge in [0.25, 0.3) is 0 Å². The van der Waals surface area contributed by atoms with E-state index in [9.17, 15) is 14.9 Å². The Hall–Kier alpha value is -1.30. The highest BCUT2D eigenvalue weighted by molar-refractivity contribution is 7.79. The highest BCUT2D eigenvalue weighted by atomic mass is 32.1. The van der Waals surface area contributed by atoms with Crippen molar-refractivity contribution >= 4 is 18.3 Å². The molecule has 80 valence electrons. The number of aromatic nitrogens is 1. The summed E-state index contributed by atoms with van der Waals surface area (Å²) >= 11 is 3.53. The third-order valence-corrected chi connectivity index (χ3v) is 0.994. The highest BCUT2D eigenvalue weighted by Gasteiger charge is 2.07. The summed E-state index contributed by atoms with van der Waals surface area (Å²) in [6.45, 7) is 4.00. The zero-order valence-corrected chi connectivity index (χ0v) is 9.25. The summed E-state index contributed by atoms with van der Waals surface area (Å²) in [5, 5.41) is 10.0. The van der Waals surface area contributed by atoms with Crippen molar-refractivity contribution in [1.29, 1.82) is 0 Å². The predicted octanol–water partition coefficient (Wildman–Crippen LogP) is 1.86. The van der Waals surface area contributed by atoms with Gasteiger partial charge < -0.3 is 4.98 Å². The van der Waals surface area contributed by atoms with Crippen molar-refractivity contribution in [3.8, 4) is 0 Å². The third kappa shape index (κ3) is 5.36. The van der Waals surface area contributed by atoms with E-state index in [1.165, 1.54) is 12.3 Å². The molecule has 0 aliphatic heterocycles. The SMILES string of the molecule is CC.CS.O=c1[nH]cccc1[N+](=O)[O-]. The van der Waals surface area contributed by atoms with Crippen LogP contribution in [0.2, 0.25) is 0 Å². The molecule has 0 saturated heterocycles. The Bertz CT molecular complexity index is 311. The molecule has 0 amide bonds. The molecule has 0 spiro atoms. The molecule has 0 fully saturated rings. The maximum atomic E-state index is 10.6. The summed E-state index contributed by atoms with van der Waals surface area (Å²) in [6.07, 6.45) is 3.04. The van der Waals surface area contributed by atoms with Crippen LogP contribution in [0.4, 0.5) is 5.69 Å². The van der Waals surface area contributed by atoms with E-state index in [4.69, 9.17) is 0 Å². The van der Waals surface area contributed by atoms with Gasteiger partial charge in [0.15, 0.2) is 0 Å². The highest BCUT2D eigenvalue weighted by Crippen LogP contribution is 1.98. The molecule has 0 aromatic carbocycles. The minimum Gasteiger partial charge on any atom is -0.323 e. The maximum Gasteiger partial charge on any atom is 0.333 e. The second-order valence-electron chi connectivity index (χ2n) is 1.64. The van der Waals surface area contributed by atoms with Crippen LogP contribution in [-0.4, -0.2) is 16.2 Å². The molecule has 1 aromatic heterocycles. The molecule has 5 nitrogen and oxygen atoms in total. The Morgan fingerprint density at radius 3 is 2.21 bits per heavy atom. The number of thiol groups is 1. The molecular formula is C8H14N2O3S. The topological polar surface area (TPSA) is 76.0 Å². The van der Waals surface area contributed by atoms with Gasteiger partial charge in [0.05, 0.1) is 4.92 Å². The monoisotopic (exact) mass is 218 g/mol. The van der Waals surface area contributed by atoms with E-state index >= 15 is 0 Å². The van der Waals surface area contributed by atoms with Crippen molar-refractivity contribution in [2.75, 3.05) is 6.26 Å². The van der Waals surface area contributed by atoms with Gasteiger partial charge >= 0.3 is 11.2 Å². The summed E-state index contributed by atoms with van der Waals surface area (Å²) in [4.78, 5) is 22.0. The van der Waals surface area contributed by atoms with E-state index < -0.39 is 16.2 Å². The van der Waals surface area contributed by atoms with Gasteiger partial charge in [-0.2, -0.15) is 12.6 Å². The number of aromatic amines is 1. The zero-order valence-electron chi connectivity index (χ0n) is 8.35. The van der Waals surface area contributed by atoms with Gasteiger partial charge in [0.2, 0.25) is 0 Å². The van der Waals surface area contributed by atoms with Gasteiger partial charge in [0.1, 0.15) is 0 Å². The van der Waals surface area contributed by atoms with Crippen LogP contribution in [0.15, 0.2) is 23.1 Å². The molecule has 0 atom stereocenters. The van der Waals surface area contributed by atoms with Crippen LogP contribution >= 0.6 is 12.6 Å². The largest absolute Gasteiger partial charge is 0.333 e. The van der Waals surface area contributed by atoms with Crippen molar-refractivity contribution in [2.24, 2.45) is 0 Å². The summed E-state index contributed by atoms with van der Waals surface area (Å²) in [5.41, 5.74) is -1.10. The van der Waals surface area contributed by atoms with Crippen molar-refractivity contribution in [2.45, 2.75) is 13.8 Å². The van der Waals surface area contributed by atoms with E-state index in [0.29, 0.717) is 0 Å². The lowest BCUT2D eigenvalue weighted by Gasteiger charge is -1.85. The Morgan fingerprint density at radius 2 is 1.93 bits per heavy atom. The summed E-state index contributed by atoms with van der Waals surface area (Å²) in [5.74, 6) is 0. The number of hydrogen-bond donors (Lipinski definition) is 2. The Kier molecular flexibility index (Phi) is 10.6. The first-order valence-electron chi connectivity index (χ1n) is 3.98. The Morgan fingerprint density at radius 1 is 1.43 bits per heavy atom. The fourth-order valence-electron chi connectivity index (χ4n) is 0.556. The van der Waals surface area contributed by atoms with E-state index in [1.807, 2.05) is 13.8 Å². The number of nitrogens with zero attached hydrogens (tertiary/aromatic N) is 1. The first-order chi connectivity index (χ1) is 6.72. The molecule has 0 aliphatic rings. The lowest BCUT2D eigenvalue weighted by Crippen LogP contribution is -2.09. The van der Waals surface area contributed by atoms with E-state index in [0.717, 1.165) is 6.07 Å². The summed E-state index contributed by atoms with van der Waals surface area (Å²) < 4.78 is 0. The van der Waals surface area contributed by atoms with Gasteiger partial charge in [-0.3, -0.25) is 14.9 Å². The molecule has 0 radical (unpaired) electrons. The van der Waals surface area contributed by atoms with Crippen LogP contribution in [0, 0.1) is 10.1 Å². The fraction of sp³-hybridized carbons (Fsp3) is 0.375. The van der Waals surface area contributed by atoms with Gasteiger partial charge in [-0.05, 0) is 12.3 Å². The van der Waals surface area contributed by atoms with Crippen LogP contribution in [0.3, 0.4) is 0 Å². The number of pyridine rings is 1. The molecule has 14 heavy (non-hydrogen) atoms. The second kappa shape index (κ2) is 9.79. The molecule has 1 heterocycles. The van der Waals surface area contributed by atoms with Crippen molar-refractivity contribution in [3.05, 3.63) is 38.8 Å². The van der Waals surface area contributed by atoms with Crippen LogP contribution < -0.4 is 5.56 Å². The Labute approximate surface area is 87.7 Å². The Balaban J connectivity index is 0. The maximum absolute atomic E-state index is 10.6. The van der Waals surface area contributed by atoms with Crippen molar-refractivity contribution < 1.29 is 4.92 Å². The van der Waals surface area contributed by atoms with Crippen LogP contribution in [0.1, 0.15) is 13.8 Å². The quantitative estimate of drug-likeness (QED) is 0.429. The number of hydrogen-bond acceptors (Lipinski definition) is 4. The number of H-pyrrole nitrogens is 1. The minimum atomic E-state index is -0.723. The molecule has 0 aliphatic carbocycles. The lowest BCUT2D eigenvalue weighted by atomic mass is 10.4. The van der Waals surface area contributed by atoms with Gasteiger partial charge in [-0.15, -0.1) is 0 Å². The number of rotatable bonds is 1. The standard InChI is InChI=1S/C5H4N2O3.C2H6.CH4S/c8-5-4(7(9)10)2-1-3-6-5;2*1-2/h1-3H,(H,6,8);1-2H3;2H,1H3. The van der Waals surface area contributed by atoms with Crippen molar-refractivity contribution in [1.82, 2.24) is 4.98 Å². The minimum absolute atomic E-state index is 0.428. The smallest absolute Gasteiger partial charge is 0.323 e. The van der Waals surface area contributed by atoms with Crippen LogP contribution in [0.5, 0.6) is 0 Å². The first kappa shape index (κ1) is 15.2. The normalized spacial score (nSPS) is 7.43. The average Bonchev–Trinajstić information content (AvgIpc) is 2.24. The van der Waals surface area contributed by atoms with Gasteiger partial charge in [0, 0.05) is 12.3 Å².